The third-order valence-electron chi connectivity index (χ3n) is 7.01. The van der Waals surface area contributed by atoms with Gasteiger partial charge in [0, 0.05) is 42.1 Å². The van der Waals surface area contributed by atoms with Crippen LogP contribution in [-0.2, 0) is 15.7 Å². The number of nitrogens with one attached hydrogen (secondary N) is 1. The summed E-state index contributed by atoms with van der Waals surface area (Å²) in [5, 5.41) is 2.45. The zero-order valence-electron chi connectivity index (χ0n) is 20.6. The van der Waals surface area contributed by atoms with E-state index in [4.69, 9.17) is 4.74 Å². The second-order valence-corrected chi connectivity index (χ2v) is 9.27. The second-order valence-electron chi connectivity index (χ2n) is 9.27. The Hall–Kier alpha value is -3.86. The van der Waals surface area contributed by atoms with Crippen LogP contribution in [0.1, 0.15) is 46.4 Å². The Kier molecular flexibility index (Phi) is 6.64. The van der Waals surface area contributed by atoms with Gasteiger partial charge in [0.05, 0.1) is 35.5 Å². The number of ether oxygens (including phenoxy) is 1. The van der Waals surface area contributed by atoms with Crippen molar-refractivity contribution >= 4 is 23.3 Å². The molecule has 2 atom stereocenters. The Bertz CT molecular complexity index is 1430. The van der Waals surface area contributed by atoms with Crippen molar-refractivity contribution in [3.05, 3.63) is 70.9 Å². The van der Waals surface area contributed by atoms with Crippen LogP contribution in [0.15, 0.2) is 42.7 Å². The van der Waals surface area contributed by atoms with Crippen molar-refractivity contribution in [2.45, 2.75) is 32.4 Å². The van der Waals surface area contributed by atoms with Crippen LogP contribution in [0.5, 0.6) is 0 Å². The molecule has 0 unspecified atom stereocenters. The number of nitrogens with zero attached hydrogens (tertiary/aromatic N) is 3. The van der Waals surface area contributed by atoms with E-state index in [1.807, 2.05) is 13.0 Å². The molecule has 1 fully saturated rings. The van der Waals surface area contributed by atoms with Gasteiger partial charge in [0.2, 0.25) is 5.91 Å². The van der Waals surface area contributed by atoms with E-state index in [0.717, 1.165) is 17.7 Å². The number of aryl methyl sites for hydroxylation is 1. The highest BCUT2D eigenvalue weighted by Crippen LogP contribution is 2.44. The molecule has 198 valence electrons. The number of carbonyl (C=O) groups excluding carboxylic acids is 2. The first-order chi connectivity index (χ1) is 18.1. The quantitative estimate of drug-likeness (QED) is 0.462. The molecule has 3 aromatic rings. The lowest BCUT2D eigenvalue weighted by atomic mass is 9.78. The van der Waals surface area contributed by atoms with Crippen LogP contribution in [0.2, 0.25) is 0 Å². The highest BCUT2D eigenvalue weighted by molar-refractivity contribution is 6.05. The van der Waals surface area contributed by atoms with Crippen LogP contribution in [0.25, 0.3) is 11.1 Å². The molecule has 38 heavy (non-hydrogen) atoms. The molecule has 0 aliphatic carbocycles. The van der Waals surface area contributed by atoms with Gasteiger partial charge < -0.3 is 10.1 Å². The molecule has 0 saturated carbocycles. The number of anilines is 2. The van der Waals surface area contributed by atoms with E-state index in [1.165, 1.54) is 6.20 Å². The summed E-state index contributed by atoms with van der Waals surface area (Å²) in [6.07, 6.45) is -1.28. The fourth-order valence-corrected chi connectivity index (χ4v) is 5.10. The smallest absolute Gasteiger partial charge is 0.381 e. The van der Waals surface area contributed by atoms with E-state index < -0.39 is 29.0 Å². The average molecular weight is 529 g/mol. The molecule has 2 aromatic heterocycles. The number of carbonyl (C=O) groups is 2. The molecule has 2 aliphatic rings. The molecule has 1 aromatic carbocycles. The van der Waals surface area contributed by atoms with Gasteiger partial charge in [-0.15, -0.1) is 0 Å². The van der Waals surface area contributed by atoms with Gasteiger partial charge in [0.1, 0.15) is 11.6 Å². The van der Waals surface area contributed by atoms with Crippen molar-refractivity contribution in [3.63, 3.8) is 0 Å². The van der Waals surface area contributed by atoms with Crippen LogP contribution < -0.4 is 10.2 Å². The minimum absolute atomic E-state index is 0.00525. The second kappa shape index (κ2) is 9.79. The predicted octanol–water partition coefficient (Wildman–Crippen LogP) is 5.35. The molecule has 2 aliphatic heterocycles. The molecule has 0 radical (unpaired) electrons. The zero-order chi connectivity index (χ0) is 27.2. The number of hydrogen-bond donors (Lipinski definition) is 1. The Morgan fingerprint density at radius 3 is 2.71 bits per heavy atom. The van der Waals surface area contributed by atoms with Crippen LogP contribution in [0.4, 0.5) is 29.1 Å². The fourth-order valence-electron chi connectivity index (χ4n) is 5.10. The number of pyridine rings is 2. The van der Waals surface area contributed by atoms with Crippen molar-refractivity contribution in [1.29, 1.82) is 0 Å². The number of hydrogen-bond acceptors (Lipinski definition) is 5. The zero-order valence-corrected chi connectivity index (χ0v) is 20.6. The van der Waals surface area contributed by atoms with Gasteiger partial charge >= 0.3 is 6.18 Å². The van der Waals surface area contributed by atoms with Gasteiger partial charge in [0.15, 0.2) is 0 Å². The van der Waals surface area contributed by atoms with Gasteiger partial charge in [-0.3, -0.25) is 19.5 Å². The van der Waals surface area contributed by atoms with E-state index in [2.05, 4.69) is 15.3 Å². The third kappa shape index (κ3) is 4.51. The summed E-state index contributed by atoms with van der Waals surface area (Å²) >= 11 is 0. The lowest BCUT2D eigenvalue weighted by Crippen LogP contribution is -2.47. The standard InChI is InChI=1S/C27H24F4N4O3/c1-3-35-24-20(17-7-8-38-13-21(17)26(35)37)9-15(11-33-24)19-10-16(12-32-14(19)2)34-25(36)18-5-4-6-22(23(18)28)27(29,30)31/h4-6,9-12,17,21H,3,7-8,13H2,1-2H3,(H,34,36)/t17-,21+/m1/s1. The summed E-state index contributed by atoms with van der Waals surface area (Å²) in [6.45, 7) is 5.01. The molecule has 0 spiro atoms. The number of alkyl halides is 3. The molecule has 2 amide bonds. The largest absolute Gasteiger partial charge is 0.419 e. The summed E-state index contributed by atoms with van der Waals surface area (Å²) in [6, 6.07) is 6.12. The lowest BCUT2D eigenvalue weighted by Gasteiger charge is -2.40. The van der Waals surface area contributed by atoms with Gasteiger partial charge in [0.25, 0.3) is 5.91 Å². The molecule has 1 N–H and O–H groups in total. The maximum atomic E-state index is 14.5. The van der Waals surface area contributed by atoms with E-state index in [9.17, 15) is 27.2 Å². The summed E-state index contributed by atoms with van der Waals surface area (Å²) in [5.74, 6) is -2.40. The summed E-state index contributed by atoms with van der Waals surface area (Å²) in [7, 11) is 0. The topological polar surface area (TPSA) is 84.4 Å². The van der Waals surface area contributed by atoms with Crippen LogP contribution in [0.3, 0.4) is 0 Å². The minimum atomic E-state index is -4.93. The van der Waals surface area contributed by atoms with Crippen molar-refractivity contribution in [2.75, 3.05) is 30.0 Å². The number of aromatic nitrogens is 2. The number of amides is 2. The summed E-state index contributed by atoms with van der Waals surface area (Å²) < 4.78 is 59.3. The average Bonchev–Trinajstić information content (AvgIpc) is 2.89. The highest BCUT2D eigenvalue weighted by Gasteiger charge is 2.42. The highest BCUT2D eigenvalue weighted by atomic mass is 19.4. The Morgan fingerprint density at radius 2 is 1.97 bits per heavy atom. The first kappa shape index (κ1) is 25.8. The van der Waals surface area contributed by atoms with Crippen molar-refractivity contribution in [1.82, 2.24) is 9.97 Å². The summed E-state index contributed by atoms with van der Waals surface area (Å²) in [5.41, 5.74) is 0.817. The predicted molar refractivity (Wildman–Crippen MR) is 131 cm³/mol. The summed E-state index contributed by atoms with van der Waals surface area (Å²) in [4.78, 5) is 36.3. The van der Waals surface area contributed by atoms with Gasteiger partial charge in [-0.05, 0) is 50.1 Å². The van der Waals surface area contributed by atoms with E-state index in [0.29, 0.717) is 54.9 Å². The van der Waals surface area contributed by atoms with Crippen LogP contribution in [-0.4, -0.2) is 41.5 Å². The van der Waals surface area contributed by atoms with E-state index >= 15 is 0 Å². The SMILES string of the molecule is CCN1C(=O)[C@H]2COCC[C@@H]2c2cc(-c3cc(NC(=O)c4cccc(C(F)(F)F)c4F)cnc3C)cnc21. The molecule has 1 saturated heterocycles. The number of halogens is 4. The molecular formula is C27H24F4N4O3. The molecule has 4 heterocycles. The maximum absolute atomic E-state index is 14.5. The maximum Gasteiger partial charge on any atom is 0.419 e. The Balaban J connectivity index is 1.48. The fraction of sp³-hybridized carbons (Fsp3) is 0.333. The lowest BCUT2D eigenvalue weighted by molar-refractivity contribution is -0.140. The normalized spacial score (nSPS) is 19.1. The number of fused-ring (bicyclic) bond motifs is 3. The van der Waals surface area contributed by atoms with Gasteiger partial charge in [-0.25, -0.2) is 9.37 Å². The Morgan fingerprint density at radius 1 is 1.18 bits per heavy atom. The Labute approximate surface area is 215 Å². The number of rotatable bonds is 4. The van der Waals surface area contributed by atoms with E-state index in [-0.39, 0.29) is 23.4 Å². The van der Waals surface area contributed by atoms with Crippen LogP contribution >= 0.6 is 0 Å². The van der Waals surface area contributed by atoms with Gasteiger partial charge in [-0.2, -0.15) is 13.2 Å². The minimum Gasteiger partial charge on any atom is -0.381 e. The third-order valence-corrected chi connectivity index (χ3v) is 7.01. The van der Waals surface area contributed by atoms with Crippen molar-refractivity contribution in [3.8, 4) is 11.1 Å². The first-order valence-electron chi connectivity index (χ1n) is 12.1. The molecule has 11 heteroatoms. The van der Waals surface area contributed by atoms with Gasteiger partial charge in [-0.1, -0.05) is 6.07 Å². The van der Waals surface area contributed by atoms with E-state index in [1.54, 1.807) is 24.1 Å². The molecule has 0 bridgehead atoms. The van der Waals surface area contributed by atoms with Crippen molar-refractivity contribution in [2.24, 2.45) is 5.92 Å². The monoisotopic (exact) mass is 528 g/mol. The van der Waals surface area contributed by atoms with Crippen LogP contribution in [0, 0.1) is 18.7 Å². The number of benzene rings is 1. The molecular weight excluding hydrogens is 504 g/mol. The molecule has 7 nitrogen and oxygen atoms in total. The first-order valence-corrected chi connectivity index (χ1v) is 12.1. The van der Waals surface area contributed by atoms with Crippen molar-refractivity contribution < 1.29 is 31.9 Å². The molecule has 5 rings (SSSR count).